The molecule has 2 aromatic rings. The van der Waals surface area contributed by atoms with Crippen molar-refractivity contribution in [2.75, 3.05) is 20.2 Å². The average Bonchev–Trinajstić information content (AvgIpc) is 2.55. The molecule has 0 saturated carbocycles. The molecular formula is C18H21ClN2O2. The molecule has 0 heterocycles. The van der Waals surface area contributed by atoms with Gasteiger partial charge in [-0.25, -0.2) is 0 Å². The zero-order valence-corrected chi connectivity index (χ0v) is 13.9. The van der Waals surface area contributed by atoms with Gasteiger partial charge in [-0.1, -0.05) is 48.0 Å². The molecule has 1 amide bonds. The molecule has 5 heteroatoms. The normalized spacial score (nSPS) is 11.8. The van der Waals surface area contributed by atoms with E-state index in [4.69, 9.17) is 22.1 Å². The lowest BCUT2D eigenvalue weighted by molar-refractivity contribution is -0.130. The Morgan fingerprint density at radius 1 is 1.22 bits per heavy atom. The lowest BCUT2D eigenvalue weighted by Crippen LogP contribution is -2.33. The number of rotatable bonds is 7. The molecular weight excluding hydrogens is 312 g/mol. The summed E-state index contributed by atoms with van der Waals surface area (Å²) in [5.74, 6) is 0.690. The van der Waals surface area contributed by atoms with Gasteiger partial charge in [-0.05, 0) is 23.8 Å². The first-order valence-electron chi connectivity index (χ1n) is 7.49. The van der Waals surface area contributed by atoms with Crippen molar-refractivity contribution in [3.8, 4) is 5.75 Å². The molecule has 0 aliphatic heterocycles. The van der Waals surface area contributed by atoms with Crippen LogP contribution in [0.15, 0.2) is 54.6 Å². The Bertz CT molecular complexity index is 634. The minimum atomic E-state index is -0.292. The Morgan fingerprint density at radius 2 is 1.96 bits per heavy atom. The molecule has 0 aliphatic carbocycles. The number of carbonyl (C=O) groups excluding carboxylic acids is 1. The molecule has 0 bridgehead atoms. The molecule has 1 unspecified atom stereocenters. The van der Waals surface area contributed by atoms with E-state index in [0.717, 1.165) is 5.56 Å². The molecule has 4 nitrogen and oxygen atoms in total. The van der Waals surface area contributed by atoms with E-state index in [1.165, 1.54) is 0 Å². The summed E-state index contributed by atoms with van der Waals surface area (Å²) < 4.78 is 5.59. The number of ether oxygens (including phenoxy) is 1. The van der Waals surface area contributed by atoms with Crippen LogP contribution in [0.2, 0.25) is 5.02 Å². The summed E-state index contributed by atoms with van der Waals surface area (Å²) in [5, 5.41) is 0.626. The number of amides is 1. The van der Waals surface area contributed by atoms with Gasteiger partial charge in [-0.15, -0.1) is 0 Å². The number of carbonyl (C=O) groups is 1. The second kappa shape index (κ2) is 8.56. The summed E-state index contributed by atoms with van der Waals surface area (Å²) in [6.07, 6.45) is 0.275. The van der Waals surface area contributed by atoms with Gasteiger partial charge >= 0.3 is 0 Å². The summed E-state index contributed by atoms with van der Waals surface area (Å²) in [6.45, 7) is 0.899. The number of nitrogens with two attached hydrogens (primary N) is 1. The van der Waals surface area contributed by atoms with Gasteiger partial charge in [-0.3, -0.25) is 4.79 Å². The Morgan fingerprint density at radius 3 is 2.65 bits per heavy atom. The molecule has 1 atom stereocenters. The molecule has 2 N–H and O–H groups in total. The van der Waals surface area contributed by atoms with Gasteiger partial charge in [0.25, 0.3) is 0 Å². The standard InChI is InChI=1S/C18H21ClN2O2/c1-21(10-11-23-16-9-5-8-15(19)12-16)18(22)13-17(20)14-6-3-2-4-7-14/h2-9,12,17H,10-11,13,20H2,1H3. The fourth-order valence-corrected chi connectivity index (χ4v) is 2.32. The first-order valence-corrected chi connectivity index (χ1v) is 7.87. The summed E-state index contributed by atoms with van der Waals surface area (Å²) in [4.78, 5) is 13.8. The van der Waals surface area contributed by atoms with E-state index in [2.05, 4.69) is 0 Å². The molecule has 2 rings (SSSR count). The van der Waals surface area contributed by atoms with Crippen molar-refractivity contribution < 1.29 is 9.53 Å². The van der Waals surface area contributed by atoms with Crippen LogP contribution in [0.5, 0.6) is 5.75 Å². The predicted octanol–water partition coefficient (Wildman–Crippen LogP) is 3.27. The van der Waals surface area contributed by atoms with Crippen LogP contribution in [-0.4, -0.2) is 31.0 Å². The van der Waals surface area contributed by atoms with Crippen LogP contribution in [0.3, 0.4) is 0 Å². The SMILES string of the molecule is CN(CCOc1cccc(Cl)c1)C(=O)CC(N)c1ccccc1. The van der Waals surface area contributed by atoms with E-state index < -0.39 is 0 Å². The largest absolute Gasteiger partial charge is 0.492 e. The van der Waals surface area contributed by atoms with Crippen LogP contribution in [-0.2, 0) is 4.79 Å². The van der Waals surface area contributed by atoms with Gasteiger partial charge in [0.05, 0.1) is 6.54 Å². The Labute approximate surface area is 141 Å². The Balaban J connectivity index is 1.76. The third-order valence-electron chi connectivity index (χ3n) is 3.54. The van der Waals surface area contributed by atoms with Crippen LogP contribution in [0.1, 0.15) is 18.0 Å². The third kappa shape index (κ3) is 5.58. The zero-order valence-electron chi connectivity index (χ0n) is 13.1. The highest BCUT2D eigenvalue weighted by Crippen LogP contribution is 2.17. The van der Waals surface area contributed by atoms with Crippen molar-refractivity contribution in [3.63, 3.8) is 0 Å². The monoisotopic (exact) mass is 332 g/mol. The Hall–Kier alpha value is -2.04. The maximum Gasteiger partial charge on any atom is 0.224 e. The van der Waals surface area contributed by atoms with Crippen molar-refractivity contribution in [1.29, 1.82) is 0 Å². The van der Waals surface area contributed by atoms with Crippen LogP contribution in [0.25, 0.3) is 0 Å². The first-order chi connectivity index (χ1) is 11.1. The molecule has 23 heavy (non-hydrogen) atoms. The second-order valence-corrected chi connectivity index (χ2v) is 5.78. The van der Waals surface area contributed by atoms with Crippen LogP contribution < -0.4 is 10.5 Å². The van der Waals surface area contributed by atoms with E-state index in [1.54, 1.807) is 24.1 Å². The number of hydrogen-bond acceptors (Lipinski definition) is 3. The fourth-order valence-electron chi connectivity index (χ4n) is 2.14. The lowest BCUT2D eigenvalue weighted by Gasteiger charge is -2.20. The van der Waals surface area contributed by atoms with Crippen molar-refractivity contribution in [2.24, 2.45) is 5.73 Å². The van der Waals surface area contributed by atoms with Crippen LogP contribution in [0.4, 0.5) is 0 Å². The third-order valence-corrected chi connectivity index (χ3v) is 3.77. The van der Waals surface area contributed by atoms with Gasteiger partial charge in [0.15, 0.2) is 0 Å². The highest BCUT2D eigenvalue weighted by atomic mass is 35.5. The van der Waals surface area contributed by atoms with E-state index in [9.17, 15) is 4.79 Å². The zero-order chi connectivity index (χ0) is 16.7. The molecule has 0 saturated heterocycles. The lowest BCUT2D eigenvalue weighted by atomic mass is 10.0. The predicted molar refractivity (Wildman–Crippen MR) is 92.6 cm³/mol. The highest BCUT2D eigenvalue weighted by Gasteiger charge is 2.15. The smallest absolute Gasteiger partial charge is 0.224 e. The number of halogens is 1. The summed E-state index contributed by atoms with van der Waals surface area (Å²) in [7, 11) is 1.75. The minimum absolute atomic E-state index is 0.00366. The maximum absolute atomic E-state index is 12.2. The van der Waals surface area contributed by atoms with Gasteiger partial charge in [0, 0.05) is 24.5 Å². The van der Waals surface area contributed by atoms with Gasteiger partial charge < -0.3 is 15.4 Å². The molecule has 0 aliphatic rings. The van der Waals surface area contributed by atoms with E-state index in [1.807, 2.05) is 42.5 Å². The quantitative estimate of drug-likeness (QED) is 0.846. The van der Waals surface area contributed by atoms with E-state index in [0.29, 0.717) is 23.9 Å². The van der Waals surface area contributed by atoms with Crippen LogP contribution >= 0.6 is 11.6 Å². The molecule has 2 aromatic carbocycles. The van der Waals surface area contributed by atoms with Gasteiger partial charge in [0.1, 0.15) is 12.4 Å². The van der Waals surface area contributed by atoms with Crippen molar-refractivity contribution in [2.45, 2.75) is 12.5 Å². The first kappa shape index (κ1) is 17.3. The molecule has 122 valence electrons. The summed E-state index contributed by atoms with van der Waals surface area (Å²) in [6, 6.07) is 16.5. The summed E-state index contributed by atoms with van der Waals surface area (Å²) >= 11 is 5.89. The highest BCUT2D eigenvalue weighted by molar-refractivity contribution is 6.30. The van der Waals surface area contributed by atoms with Crippen molar-refractivity contribution in [1.82, 2.24) is 4.90 Å². The van der Waals surface area contributed by atoms with Gasteiger partial charge in [0.2, 0.25) is 5.91 Å². The number of nitrogens with zero attached hydrogens (tertiary/aromatic N) is 1. The van der Waals surface area contributed by atoms with Crippen molar-refractivity contribution in [3.05, 3.63) is 65.2 Å². The maximum atomic E-state index is 12.2. The topological polar surface area (TPSA) is 55.6 Å². The van der Waals surface area contributed by atoms with E-state index in [-0.39, 0.29) is 18.4 Å². The Kier molecular flexibility index (Phi) is 6.44. The fraction of sp³-hybridized carbons (Fsp3) is 0.278. The molecule has 0 fully saturated rings. The second-order valence-electron chi connectivity index (χ2n) is 5.34. The van der Waals surface area contributed by atoms with E-state index >= 15 is 0 Å². The average molecular weight is 333 g/mol. The molecule has 0 aromatic heterocycles. The number of benzene rings is 2. The minimum Gasteiger partial charge on any atom is -0.492 e. The van der Waals surface area contributed by atoms with Gasteiger partial charge in [-0.2, -0.15) is 0 Å². The molecule has 0 radical (unpaired) electrons. The van der Waals surface area contributed by atoms with Crippen molar-refractivity contribution >= 4 is 17.5 Å². The molecule has 0 spiro atoms. The van der Waals surface area contributed by atoms with Crippen LogP contribution in [0, 0.1) is 0 Å². The number of likely N-dealkylation sites (N-methyl/N-ethyl adjacent to an activating group) is 1. The number of hydrogen-bond donors (Lipinski definition) is 1. The summed E-state index contributed by atoms with van der Waals surface area (Å²) in [5.41, 5.74) is 7.04.